The van der Waals surface area contributed by atoms with Crippen molar-refractivity contribution in [3.63, 3.8) is 0 Å². The lowest BCUT2D eigenvalue weighted by molar-refractivity contribution is 0.617. The predicted molar refractivity (Wildman–Crippen MR) is 118 cm³/mol. The van der Waals surface area contributed by atoms with Crippen molar-refractivity contribution >= 4 is 34.4 Å². The number of aryl methyl sites for hydroxylation is 3. The van der Waals surface area contributed by atoms with Gasteiger partial charge in [0.05, 0.1) is 23.8 Å². The van der Waals surface area contributed by atoms with Crippen LogP contribution in [0.2, 0.25) is 5.02 Å². The third kappa shape index (κ3) is 4.02. The summed E-state index contributed by atoms with van der Waals surface area (Å²) in [5.41, 5.74) is 7.37. The molecule has 0 N–H and O–H groups in total. The Morgan fingerprint density at radius 1 is 1.07 bits per heavy atom. The van der Waals surface area contributed by atoms with Gasteiger partial charge in [-0.15, -0.1) is 0 Å². The summed E-state index contributed by atoms with van der Waals surface area (Å²) in [6, 6.07) is 11.1. The van der Waals surface area contributed by atoms with Gasteiger partial charge in [0.25, 0.3) is 0 Å². The van der Waals surface area contributed by atoms with E-state index < -0.39 is 0 Å². The maximum absolute atomic E-state index is 14.2. The number of pyridine rings is 1. The molecule has 0 saturated heterocycles. The summed E-state index contributed by atoms with van der Waals surface area (Å²) >= 11 is 7.70. The van der Waals surface area contributed by atoms with E-state index in [0.717, 1.165) is 16.2 Å². The van der Waals surface area contributed by atoms with Gasteiger partial charge in [0.15, 0.2) is 5.16 Å². The Kier molecular flexibility index (Phi) is 5.61. The van der Waals surface area contributed by atoms with E-state index in [1.165, 1.54) is 40.1 Å². The molecule has 2 aromatic heterocycles. The van der Waals surface area contributed by atoms with E-state index in [4.69, 9.17) is 16.6 Å². The molecule has 3 nitrogen and oxygen atoms in total. The first-order valence-corrected chi connectivity index (χ1v) is 10.7. The van der Waals surface area contributed by atoms with Crippen molar-refractivity contribution in [3.05, 3.63) is 87.4 Å². The van der Waals surface area contributed by atoms with Crippen LogP contribution in [0.3, 0.4) is 0 Å². The largest absolute Gasteiger partial charge is 0.313 e. The molecule has 0 fully saturated rings. The summed E-state index contributed by atoms with van der Waals surface area (Å²) in [5.74, 6) is 0.119. The van der Waals surface area contributed by atoms with Crippen molar-refractivity contribution < 1.29 is 4.39 Å². The van der Waals surface area contributed by atoms with E-state index in [0.29, 0.717) is 22.9 Å². The smallest absolute Gasteiger partial charge is 0.169 e. The number of rotatable bonds is 5. The number of hydrogen-bond donors (Lipinski definition) is 0. The second-order valence-corrected chi connectivity index (χ2v) is 8.56. The first-order valence-electron chi connectivity index (χ1n) is 9.36. The zero-order valence-electron chi connectivity index (χ0n) is 16.5. The van der Waals surface area contributed by atoms with E-state index >= 15 is 0 Å². The van der Waals surface area contributed by atoms with E-state index in [9.17, 15) is 4.39 Å². The quantitative estimate of drug-likeness (QED) is 0.342. The van der Waals surface area contributed by atoms with Gasteiger partial charge in [-0.05, 0) is 55.7 Å². The minimum atomic E-state index is -0.292. The Morgan fingerprint density at radius 3 is 2.55 bits per heavy atom. The summed E-state index contributed by atoms with van der Waals surface area (Å²) in [5, 5.41) is 1.26. The highest BCUT2D eigenvalue weighted by atomic mass is 35.5. The monoisotopic (exact) mass is 425 g/mol. The Hall–Kier alpha value is -2.37. The number of benzene rings is 2. The molecule has 0 spiro atoms. The van der Waals surface area contributed by atoms with Crippen LogP contribution in [0, 0.1) is 26.6 Å². The summed E-state index contributed by atoms with van der Waals surface area (Å²) < 4.78 is 16.4. The second-order valence-electron chi connectivity index (χ2n) is 7.21. The van der Waals surface area contributed by atoms with Gasteiger partial charge in [0.2, 0.25) is 0 Å². The number of aromatic nitrogens is 3. The van der Waals surface area contributed by atoms with Gasteiger partial charge < -0.3 is 4.57 Å². The van der Waals surface area contributed by atoms with Crippen LogP contribution in [-0.4, -0.2) is 14.5 Å². The van der Waals surface area contributed by atoms with Crippen molar-refractivity contribution in [1.82, 2.24) is 14.5 Å². The molecule has 6 heteroatoms. The molecule has 0 bridgehead atoms. The summed E-state index contributed by atoms with van der Waals surface area (Å²) in [6.07, 6.45) is 3.57. The fourth-order valence-corrected chi connectivity index (χ4v) is 4.99. The molecular formula is C23H21ClFN3S. The predicted octanol–water partition coefficient (Wildman–Crippen LogP) is 6.49. The molecule has 0 amide bonds. The van der Waals surface area contributed by atoms with E-state index in [1.807, 2.05) is 12.3 Å². The Balaban J connectivity index is 1.74. The molecule has 0 atom stereocenters. The summed E-state index contributed by atoms with van der Waals surface area (Å²) in [4.78, 5) is 9.06. The molecule has 0 aliphatic heterocycles. The van der Waals surface area contributed by atoms with Crippen molar-refractivity contribution in [2.24, 2.45) is 0 Å². The normalized spacial score (nSPS) is 11.3. The molecule has 2 heterocycles. The zero-order chi connectivity index (χ0) is 20.5. The number of halogens is 2. The van der Waals surface area contributed by atoms with Crippen LogP contribution in [0.1, 0.15) is 27.8 Å². The average molecular weight is 426 g/mol. The molecule has 0 radical (unpaired) electrons. The molecule has 148 valence electrons. The van der Waals surface area contributed by atoms with E-state index in [1.54, 1.807) is 18.3 Å². The molecule has 0 aliphatic carbocycles. The van der Waals surface area contributed by atoms with Crippen LogP contribution in [-0.2, 0) is 12.3 Å². The Morgan fingerprint density at radius 2 is 1.83 bits per heavy atom. The van der Waals surface area contributed by atoms with Crippen molar-refractivity contribution in [2.75, 3.05) is 0 Å². The number of nitrogens with zero attached hydrogens (tertiary/aromatic N) is 3. The number of imidazole rings is 1. The van der Waals surface area contributed by atoms with Crippen molar-refractivity contribution in [1.29, 1.82) is 0 Å². The highest BCUT2D eigenvalue weighted by molar-refractivity contribution is 7.98. The van der Waals surface area contributed by atoms with Gasteiger partial charge in [-0.2, -0.15) is 0 Å². The maximum atomic E-state index is 14.2. The first-order chi connectivity index (χ1) is 13.9. The highest BCUT2D eigenvalue weighted by Crippen LogP contribution is 2.31. The van der Waals surface area contributed by atoms with Crippen LogP contribution in [0.5, 0.6) is 0 Å². The Bertz CT molecular complexity index is 1160. The number of thioether (sulfide) groups is 1. The zero-order valence-corrected chi connectivity index (χ0v) is 18.1. The third-order valence-electron chi connectivity index (χ3n) is 5.08. The molecule has 0 unspecified atom stereocenters. The van der Waals surface area contributed by atoms with Crippen molar-refractivity contribution in [3.8, 4) is 0 Å². The van der Waals surface area contributed by atoms with E-state index in [2.05, 4.69) is 42.5 Å². The first kappa shape index (κ1) is 19.9. The minimum Gasteiger partial charge on any atom is -0.313 e. The van der Waals surface area contributed by atoms with Crippen LogP contribution in [0.25, 0.3) is 11.0 Å². The molecular weight excluding hydrogens is 405 g/mol. The molecule has 2 aromatic carbocycles. The standard InChI is InChI=1S/C23H21ClFN3S/c1-14-9-15(2)17(16(3)10-14)12-28-22-11-26-8-7-21(22)27-23(28)29-13-18-19(24)5-4-6-20(18)25/h4-11H,12-13H2,1-3H3. The van der Waals surface area contributed by atoms with Gasteiger partial charge in [-0.3, -0.25) is 4.98 Å². The maximum Gasteiger partial charge on any atom is 0.169 e. The molecule has 29 heavy (non-hydrogen) atoms. The fourth-order valence-electron chi connectivity index (χ4n) is 3.64. The number of fused-ring (bicyclic) bond motifs is 1. The van der Waals surface area contributed by atoms with Crippen LogP contribution >= 0.6 is 23.4 Å². The highest BCUT2D eigenvalue weighted by Gasteiger charge is 2.16. The molecule has 4 aromatic rings. The number of hydrogen-bond acceptors (Lipinski definition) is 3. The second kappa shape index (κ2) is 8.17. The van der Waals surface area contributed by atoms with Crippen LogP contribution < -0.4 is 0 Å². The van der Waals surface area contributed by atoms with Crippen LogP contribution in [0.4, 0.5) is 4.39 Å². The lowest BCUT2D eigenvalue weighted by atomic mass is 10.00. The Labute approximate surface area is 179 Å². The molecule has 4 rings (SSSR count). The SMILES string of the molecule is Cc1cc(C)c(Cn2c(SCc3c(F)cccc3Cl)nc3ccncc32)c(C)c1. The topological polar surface area (TPSA) is 30.7 Å². The summed E-state index contributed by atoms with van der Waals surface area (Å²) in [7, 11) is 0. The van der Waals surface area contributed by atoms with Crippen molar-refractivity contribution in [2.45, 2.75) is 38.2 Å². The van der Waals surface area contributed by atoms with Gasteiger partial charge in [0, 0.05) is 22.5 Å². The average Bonchev–Trinajstić information content (AvgIpc) is 3.01. The van der Waals surface area contributed by atoms with Gasteiger partial charge >= 0.3 is 0 Å². The minimum absolute atomic E-state index is 0.292. The fraction of sp³-hybridized carbons (Fsp3) is 0.217. The lowest BCUT2D eigenvalue weighted by Gasteiger charge is -2.15. The van der Waals surface area contributed by atoms with Crippen LogP contribution in [0.15, 0.2) is 53.9 Å². The molecule has 0 aliphatic rings. The van der Waals surface area contributed by atoms with Gasteiger partial charge in [-0.1, -0.05) is 47.1 Å². The molecule has 0 saturated carbocycles. The van der Waals surface area contributed by atoms with Gasteiger partial charge in [-0.25, -0.2) is 9.37 Å². The third-order valence-corrected chi connectivity index (χ3v) is 6.44. The van der Waals surface area contributed by atoms with E-state index in [-0.39, 0.29) is 5.82 Å². The lowest BCUT2D eigenvalue weighted by Crippen LogP contribution is -2.06. The summed E-state index contributed by atoms with van der Waals surface area (Å²) in [6.45, 7) is 7.07. The van der Waals surface area contributed by atoms with Gasteiger partial charge in [0.1, 0.15) is 5.82 Å².